The van der Waals surface area contributed by atoms with Crippen molar-refractivity contribution in [2.45, 2.75) is 43.5 Å². The summed E-state index contributed by atoms with van der Waals surface area (Å²) in [6, 6.07) is 7.94. The first-order valence-corrected chi connectivity index (χ1v) is 9.03. The Hall–Kier alpha value is -1.07. The monoisotopic (exact) mass is 296 g/mol. The standard InChI is InChI=1S/C15H24N2O2S/c1-2-12-20(18,19)15-8-6-14(7-9-15)17(11-3-10-16)13-4-5-13/h6-9,13H,2-5,10-12,16H2,1H3. The van der Waals surface area contributed by atoms with Crippen molar-refractivity contribution >= 4 is 15.5 Å². The molecular formula is C15H24N2O2S. The van der Waals surface area contributed by atoms with Crippen molar-refractivity contribution < 1.29 is 8.42 Å². The summed E-state index contributed by atoms with van der Waals surface area (Å²) in [5, 5.41) is 0. The van der Waals surface area contributed by atoms with Crippen LogP contribution >= 0.6 is 0 Å². The Labute approximate surface area is 121 Å². The predicted molar refractivity (Wildman–Crippen MR) is 82.8 cm³/mol. The molecule has 0 heterocycles. The number of nitrogens with zero attached hydrogens (tertiary/aromatic N) is 1. The fraction of sp³-hybridized carbons (Fsp3) is 0.600. The molecule has 0 aliphatic heterocycles. The lowest BCUT2D eigenvalue weighted by Gasteiger charge is -2.24. The summed E-state index contributed by atoms with van der Waals surface area (Å²) < 4.78 is 24.0. The van der Waals surface area contributed by atoms with Crippen LogP contribution in [0.1, 0.15) is 32.6 Å². The predicted octanol–water partition coefficient (Wildman–Crippen LogP) is 2.19. The van der Waals surface area contributed by atoms with E-state index in [4.69, 9.17) is 5.73 Å². The molecule has 0 aromatic heterocycles. The molecule has 4 nitrogen and oxygen atoms in total. The second-order valence-corrected chi connectivity index (χ2v) is 7.49. The highest BCUT2D eigenvalue weighted by Gasteiger charge is 2.28. The molecule has 0 bridgehead atoms. The molecule has 1 fully saturated rings. The average molecular weight is 296 g/mol. The van der Waals surface area contributed by atoms with Crippen LogP contribution in [0.4, 0.5) is 5.69 Å². The smallest absolute Gasteiger partial charge is 0.178 e. The van der Waals surface area contributed by atoms with E-state index in [2.05, 4.69) is 4.90 Å². The normalized spacial score (nSPS) is 15.3. The number of anilines is 1. The first-order chi connectivity index (χ1) is 9.58. The zero-order valence-corrected chi connectivity index (χ0v) is 12.9. The number of sulfone groups is 1. The van der Waals surface area contributed by atoms with Crippen LogP contribution in [0.2, 0.25) is 0 Å². The highest BCUT2D eigenvalue weighted by molar-refractivity contribution is 7.91. The summed E-state index contributed by atoms with van der Waals surface area (Å²) >= 11 is 0. The molecule has 0 radical (unpaired) electrons. The van der Waals surface area contributed by atoms with Crippen molar-refractivity contribution in [3.8, 4) is 0 Å². The van der Waals surface area contributed by atoms with Crippen LogP contribution < -0.4 is 10.6 Å². The van der Waals surface area contributed by atoms with Gasteiger partial charge in [-0.05, 0) is 56.5 Å². The van der Waals surface area contributed by atoms with Gasteiger partial charge in [-0.1, -0.05) is 6.92 Å². The van der Waals surface area contributed by atoms with E-state index < -0.39 is 9.84 Å². The zero-order chi connectivity index (χ0) is 14.6. The second kappa shape index (κ2) is 6.59. The number of nitrogens with two attached hydrogens (primary N) is 1. The van der Waals surface area contributed by atoms with Gasteiger partial charge in [-0.2, -0.15) is 0 Å². The summed E-state index contributed by atoms with van der Waals surface area (Å²) in [5.41, 5.74) is 6.69. The average Bonchev–Trinajstić information content (AvgIpc) is 3.24. The van der Waals surface area contributed by atoms with Gasteiger partial charge in [0.1, 0.15) is 0 Å². The van der Waals surface area contributed by atoms with Gasteiger partial charge in [-0.25, -0.2) is 8.42 Å². The van der Waals surface area contributed by atoms with Crippen LogP contribution in [0.25, 0.3) is 0 Å². The Bertz CT molecular complexity index is 521. The van der Waals surface area contributed by atoms with Gasteiger partial charge in [0.15, 0.2) is 9.84 Å². The van der Waals surface area contributed by atoms with Crippen molar-refractivity contribution in [2.75, 3.05) is 23.7 Å². The molecule has 2 N–H and O–H groups in total. The van der Waals surface area contributed by atoms with E-state index in [9.17, 15) is 8.42 Å². The van der Waals surface area contributed by atoms with Crippen molar-refractivity contribution in [3.63, 3.8) is 0 Å². The van der Waals surface area contributed by atoms with Gasteiger partial charge in [0.2, 0.25) is 0 Å². The first kappa shape index (κ1) is 15.3. The Morgan fingerprint density at radius 1 is 1.25 bits per heavy atom. The van der Waals surface area contributed by atoms with Crippen LogP contribution in [-0.4, -0.2) is 33.3 Å². The van der Waals surface area contributed by atoms with Crippen molar-refractivity contribution in [2.24, 2.45) is 5.73 Å². The van der Waals surface area contributed by atoms with E-state index in [1.165, 1.54) is 12.8 Å². The molecule has 1 aromatic carbocycles. The van der Waals surface area contributed by atoms with E-state index in [0.717, 1.165) is 18.7 Å². The molecular weight excluding hydrogens is 272 g/mol. The van der Waals surface area contributed by atoms with Gasteiger partial charge in [-0.3, -0.25) is 0 Å². The molecule has 5 heteroatoms. The highest BCUT2D eigenvalue weighted by Crippen LogP contribution is 2.32. The van der Waals surface area contributed by atoms with Crippen LogP contribution in [-0.2, 0) is 9.84 Å². The minimum absolute atomic E-state index is 0.214. The molecule has 0 spiro atoms. The molecule has 0 amide bonds. The third-order valence-electron chi connectivity index (χ3n) is 3.59. The third-order valence-corrected chi connectivity index (χ3v) is 5.53. The minimum Gasteiger partial charge on any atom is -0.368 e. The van der Waals surface area contributed by atoms with E-state index in [1.54, 1.807) is 12.1 Å². The maximum atomic E-state index is 12.0. The van der Waals surface area contributed by atoms with Gasteiger partial charge in [-0.15, -0.1) is 0 Å². The topological polar surface area (TPSA) is 63.4 Å². The number of hydrogen-bond acceptors (Lipinski definition) is 4. The van der Waals surface area contributed by atoms with Crippen LogP contribution in [0.15, 0.2) is 29.2 Å². The molecule has 0 saturated heterocycles. The highest BCUT2D eigenvalue weighted by atomic mass is 32.2. The van der Waals surface area contributed by atoms with Crippen LogP contribution in [0.3, 0.4) is 0 Å². The molecule has 1 aromatic rings. The lowest BCUT2D eigenvalue weighted by molar-refractivity contribution is 0.594. The quantitative estimate of drug-likeness (QED) is 0.798. The molecule has 0 unspecified atom stereocenters. The van der Waals surface area contributed by atoms with E-state index in [-0.39, 0.29) is 5.75 Å². The van der Waals surface area contributed by atoms with E-state index >= 15 is 0 Å². The Kier molecular flexibility index (Phi) is 5.05. The van der Waals surface area contributed by atoms with Crippen molar-refractivity contribution in [1.29, 1.82) is 0 Å². The number of rotatable bonds is 8. The lowest BCUT2D eigenvalue weighted by Crippen LogP contribution is -2.28. The van der Waals surface area contributed by atoms with Crippen molar-refractivity contribution in [1.82, 2.24) is 0 Å². The van der Waals surface area contributed by atoms with Gasteiger partial charge in [0.05, 0.1) is 10.6 Å². The number of hydrogen-bond donors (Lipinski definition) is 1. The van der Waals surface area contributed by atoms with Gasteiger partial charge in [0.25, 0.3) is 0 Å². The maximum Gasteiger partial charge on any atom is 0.178 e. The fourth-order valence-electron chi connectivity index (χ4n) is 2.40. The Balaban J connectivity index is 2.13. The minimum atomic E-state index is -3.11. The molecule has 112 valence electrons. The zero-order valence-electron chi connectivity index (χ0n) is 12.1. The third kappa shape index (κ3) is 3.73. The molecule has 1 saturated carbocycles. The summed E-state index contributed by atoms with van der Waals surface area (Å²) in [4.78, 5) is 2.78. The lowest BCUT2D eigenvalue weighted by atomic mass is 10.2. The van der Waals surface area contributed by atoms with E-state index in [1.807, 2.05) is 19.1 Å². The summed E-state index contributed by atoms with van der Waals surface area (Å²) in [6.07, 6.45) is 4.06. The maximum absolute atomic E-state index is 12.0. The van der Waals surface area contributed by atoms with Gasteiger partial charge >= 0.3 is 0 Å². The molecule has 2 rings (SSSR count). The SMILES string of the molecule is CCCS(=O)(=O)c1ccc(N(CCCN)C2CC2)cc1. The van der Waals surface area contributed by atoms with E-state index in [0.29, 0.717) is 23.9 Å². The van der Waals surface area contributed by atoms with Gasteiger partial charge < -0.3 is 10.6 Å². The molecule has 1 aliphatic rings. The van der Waals surface area contributed by atoms with Gasteiger partial charge in [0, 0.05) is 18.3 Å². The fourth-order valence-corrected chi connectivity index (χ4v) is 3.73. The first-order valence-electron chi connectivity index (χ1n) is 7.38. The van der Waals surface area contributed by atoms with Crippen LogP contribution in [0.5, 0.6) is 0 Å². The Morgan fingerprint density at radius 3 is 2.40 bits per heavy atom. The number of benzene rings is 1. The van der Waals surface area contributed by atoms with Crippen LogP contribution in [0, 0.1) is 0 Å². The summed E-state index contributed by atoms with van der Waals surface area (Å²) in [7, 11) is -3.11. The largest absolute Gasteiger partial charge is 0.368 e. The summed E-state index contributed by atoms with van der Waals surface area (Å²) in [6.45, 7) is 3.52. The summed E-state index contributed by atoms with van der Waals surface area (Å²) in [5.74, 6) is 0.214. The molecule has 20 heavy (non-hydrogen) atoms. The molecule has 1 aliphatic carbocycles. The second-order valence-electron chi connectivity index (χ2n) is 5.38. The van der Waals surface area contributed by atoms with Crippen molar-refractivity contribution in [3.05, 3.63) is 24.3 Å². The molecule has 0 atom stereocenters. The Morgan fingerprint density at radius 2 is 1.90 bits per heavy atom.